The van der Waals surface area contributed by atoms with Gasteiger partial charge in [0.1, 0.15) is 12.2 Å². The topological polar surface area (TPSA) is 168 Å². The van der Waals surface area contributed by atoms with Gasteiger partial charge < -0.3 is 14.9 Å². The molecule has 2 aromatic rings. The number of ether oxygens (including phenoxy) is 1. The molecule has 0 aromatic carbocycles. The molecule has 2 aliphatic rings. The summed E-state index contributed by atoms with van der Waals surface area (Å²) in [7, 11) is 0. The Labute approximate surface area is 202 Å². The van der Waals surface area contributed by atoms with E-state index in [1.807, 2.05) is 18.2 Å². The molecule has 1 fully saturated rings. The number of likely N-dealkylation sites (tertiary alicyclic amines) is 1. The molecule has 4 rings (SSSR count). The van der Waals surface area contributed by atoms with E-state index in [-0.39, 0.29) is 6.61 Å². The Balaban J connectivity index is 0.000000286. The van der Waals surface area contributed by atoms with E-state index in [0.717, 1.165) is 25.2 Å². The van der Waals surface area contributed by atoms with Gasteiger partial charge in [0.2, 0.25) is 0 Å². The number of pyridine rings is 1. The Morgan fingerprint density at radius 1 is 1.05 bits per heavy atom. The second-order valence-corrected chi connectivity index (χ2v) is 7.72. The van der Waals surface area contributed by atoms with Crippen LogP contribution in [0.25, 0.3) is 0 Å². The minimum atomic E-state index is -5.08. The summed E-state index contributed by atoms with van der Waals surface area (Å²) < 4.78 is 70.9. The number of hydrogen-bond donors (Lipinski definition) is 3. The van der Waals surface area contributed by atoms with Gasteiger partial charge in [0.25, 0.3) is 0 Å². The number of nitrogens with zero attached hydrogens (tertiary/aromatic N) is 4. The summed E-state index contributed by atoms with van der Waals surface area (Å²) in [5.41, 5.74) is -0.660. The molecular weight excluding hydrogens is 524 g/mol. The number of aromatic amines is 1. The zero-order chi connectivity index (χ0) is 28.0. The lowest BCUT2D eigenvalue weighted by atomic mass is 10.0. The van der Waals surface area contributed by atoms with Crippen molar-refractivity contribution < 1.29 is 50.9 Å². The number of aromatic nitrogens is 4. The molecule has 2 aromatic heterocycles. The largest absolute Gasteiger partial charge is 0.490 e. The maximum Gasteiger partial charge on any atom is 0.490 e. The van der Waals surface area contributed by atoms with Crippen molar-refractivity contribution in [3.63, 3.8) is 0 Å². The zero-order valence-corrected chi connectivity index (χ0v) is 18.5. The van der Waals surface area contributed by atoms with Gasteiger partial charge in [-0.15, -0.1) is 0 Å². The fourth-order valence-electron chi connectivity index (χ4n) is 3.32. The van der Waals surface area contributed by atoms with E-state index < -0.39 is 41.0 Å². The first kappa shape index (κ1) is 29.4. The van der Waals surface area contributed by atoms with E-state index in [9.17, 15) is 35.9 Å². The Morgan fingerprint density at radius 3 is 2.16 bits per heavy atom. The predicted molar refractivity (Wildman–Crippen MR) is 108 cm³/mol. The monoisotopic (exact) mass is 543 g/mol. The number of halogens is 6. The molecule has 0 aliphatic carbocycles. The van der Waals surface area contributed by atoms with Crippen LogP contribution in [0.15, 0.2) is 34.0 Å². The highest BCUT2D eigenvalue weighted by atomic mass is 19.4. The molecule has 0 radical (unpaired) electrons. The highest BCUT2D eigenvalue weighted by Crippen LogP contribution is 2.31. The van der Waals surface area contributed by atoms with Gasteiger partial charge in [0, 0.05) is 25.8 Å². The first-order valence-electron chi connectivity index (χ1n) is 10.1. The van der Waals surface area contributed by atoms with Crippen LogP contribution >= 0.6 is 0 Å². The van der Waals surface area contributed by atoms with Gasteiger partial charge in [0.05, 0.1) is 12.2 Å². The van der Waals surface area contributed by atoms with Crippen LogP contribution in [0, 0.1) is 0 Å². The lowest BCUT2D eigenvalue weighted by molar-refractivity contribution is -0.193. The van der Waals surface area contributed by atoms with Crippen LogP contribution < -0.4 is 11.1 Å². The molecule has 37 heavy (non-hydrogen) atoms. The van der Waals surface area contributed by atoms with Crippen molar-refractivity contribution >= 4 is 11.9 Å². The molecule has 18 heteroatoms. The van der Waals surface area contributed by atoms with Gasteiger partial charge in [-0.2, -0.15) is 31.4 Å². The average Bonchev–Trinajstić information content (AvgIpc) is 3.18. The van der Waals surface area contributed by atoms with Crippen LogP contribution in [0.2, 0.25) is 0 Å². The van der Waals surface area contributed by atoms with Crippen molar-refractivity contribution in [2.75, 3.05) is 13.1 Å². The minimum Gasteiger partial charge on any atom is -0.475 e. The molecule has 2 aliphatic heterocycles. The number of carbonyl (C=O) groups is 2. The highest BCUT2D eigenvalue weighted by Gasteiger charge is 2.43. The fourth-order valence-corrected chi connectivity index (χ4v) is 3.32. The standard InChI is InChI=1S/C15H17N5O3.2C2HF3O2/c21-13-14(22)20-10-15(23-8-12(20)17-18-13)4-6-19(9-15)7-11-3-1-2-5-16-11;2*3-2(4,5)1(6)7/h1-3,5H,4,6-10H2,(H,18,21);2*(H,6,7). The number of fused-ring (bicyclic) bond motifs is 1. The van der Waals surface area contributed by atoms with E-state index in [0.29, 0.717) is 18.9 Å². The Kier molecular flexibility index (Phi) is 9.15. The lowest BCUT2D eigenvalue weighted by Gasteiger charge is -2.34. The number of hydrogen-bond acceptors (Lipinski definition) is 8. The zero-order valence-electron chi connectivity index (χ0n) is 18.5. The normalized spacial score (nSPS) is 19.2. The minimum absolute atomic E-state index is 0.240. The second-order valence-electron chi connectivity index (χ2n) is 7.72. The molecule has 4 heterocycles. The summed E-state index contributed by atoms with van der Waals surface area (Å²) >= 11 is 0. The summed E-state index contributed by atoms with van der Waals surface area (Å²) in [6.07, 6.45) is -7.56. The maximum absolute atomic E-state index is 12.0. The molecular formula is C19H19F6N5O7. The third-order valence-electron chi connectivity index (χ3n) is 4.98. The van der Waals surface area contributed by atoms with Crippen molar-refractivity contribution in [3.8, 4) is 0 Å². The maximum atomic E-state index is 12.0. The van der Waals surface area contributed by atoms with Crippen molar-refractivity contribution in [2.45, 2.75) is 44.1 Å². The summed E-state index contributed by atoms with van der Waals surface area (Å²) in [6.45, 7) is 2.95. The second kappa shape index (κ2) is 11.5. The number of H-pyrrole nitrogens is 1. The number of carboxylic acid groups (broad SMARTS) is 2. The van der Waals surface area contributed by atoms with Crippen molar-refractivity contribution in [3.05, 3.63) is 56.6 Å². The molecule has 3 N–H and O–H groups in total. The van der Waals surface area contributed by atoms with Crippen molar-refractivity contribution in [1.29, 1.82) is 0 Å². The van der Waals surface area contributed by atoms with Gasteiger partial charge in [0.15, 0.2) is 5.82 Å². The molecule has 0 bridgehead atoms. The molecule has 1 unspecified atom stereocenters. The third-order valence-corrected chi connectivity index (χ3v) is 4.98. The predicted octanol–water partition coefficient (Wildman–Crippen LogP) is 0.768. The van der Waals surface area contributed by atoms with E-state index in [1.54, 1.807) is 6.20 Å². The summed E-state index contributed by atoms with van der Waals surface area (Å²) in [4.78, 5) is 47.9. The van der Waals surface area contributed by atoms with Crippen LogP contribution in [0.3, 0.4) is 0 Å². The smallest absolute Gasteiger partial charge is 0.475 e. The van der Waals surface area contributed by atoms with Crippen LogP contribution in [-0.2, 0) is 34.0 Å². The Bertz CT molecular complexity index is 1190. The van der Waals surface area contributed by atoms with Gasteiger partial charge >= 0.3 is 35.4 Å². The van der Waals surface area contributed by atoms with Gasteiger partial charge in [-0.25, -0.2) is 14.7 Å². The van der Waals surface area contributed by atoms with Crippen LogP contribution in [0.4, 0.5) is 26.3 Å². The Morgan fingerprint density at radius 2 is 1.65 bits per heavy atom. The van der Waals surface area contributed by atoms with Crippen molar-refractivity contribution in [1.82, 2.24) is 24.6 Å². The first-order valence-corrected chi connectivity index (χ1v) is 10.1. The molecule has 12 nitrogen and oxygen atoms in total. The summed E-state index contributed by atoms with van der Waals surface area (Å²) in [5.74, 6) is -5.04. The van der Waals surface area contributed by atoms with E-state index in [2.05, 4.69) is 20.1 Å². The van der Waals surface area contributed by atoms with E-state index in [1.165, 1.54) is 4.57 Å². The number of alkyl halides is 6. The van der Waals surface area contributed by atoms with Crippen LogP contribution in [0.1, 0.15) is 17.9 Å². The quantitative estimate of drug-likeness (QED) is 0.364. The molecule has 204 valence electrons. The summed E-state index contributed by atoms with van der Waals surface area (Å²) in [6, 6.07) is 5.86. The van der Waals surface area contributed by atoms with Gasteiger partial charge in [-0.3, -0.25) is 24.0 Å². The fraction of sp³-hybridized carbons (Fsp3) is 0.474. The molecule has 1 atom stereocenters. The molecule has 1 saturated heterocycles. The number of nitrogens with one attached hydrogen (secondary N) is 1. The number of rotatable bonds is 2. The van der Waals surface area contributed by atoms with Gasteiger partial charge in [-0.05, 0) is 18.6 Å². The van der Waals surface area contributed by atoms with E-state index in [4.69, 9.17) is 24.5 Å². The average molecular weight is 543 g/mol. The van der Waals surface area contributed by atoms with Crippen molar-refractivity contribution in [2.24, 2.45) is 0 Å². The molecule has 1 spiro atoms. The number of aliphatic carboxylic acids is 2. The number of carboxylic acids is 2. The molecule has 0 amide bonds. The highest BCUT2D eigenvalue weighted by molar-refractivity contribution is 5.73. The Hall–Kier alpha value is -3.80. The van der Waals surface area contributed by atoms with Crippen LogP contribution in [-0.4, -0.2) is 77.8 Å². The molecule has 0 saturated carbocycles. The van der Waals surface area contributed by atoms with Crippen LogP contribution in [0.5, 0.6) is 0 Å². The third kappa shape index (κ3) is 8.38. The van der Waals surface area contributed by atoms with E-state index >= 15 is 0 Å². The first-order chi connectivity index (χ1) is 17.0. The SMILES string of the molecule is O=C(O)C(F)(F)F.O=C(O)C(F)(F)F.O=c1[nH]nc2n(c1=O)CC1(CCN(Cc3ccccn3)C1)OC2. The lowest BCUT2D eigenvalue weighted by Crippen LogP contribution is -2.51. The summed E-state index contributed by atoms with van der Waals surface area (Å²) in [5, 5.41) is 20.4. The van der Waals surface area contributed by atoms with Gasteiger partial charge in [-0.1, -0.05) is 6.07 Å².